The summed E-state index contributed by atoms with van der Waals surface area (Å²) in [4.78, 5) is 23.4. The number of ether oxygens (including phenoxy) is 2. The lowest BCUT2D eigenvalue weighted by Gasteiger charge is -2.28. The Labute approximate surface area is 209 Å². The van der Waals surface area contributed by atoms with E-state index < -0.39 is 6.09 Å². The molecule has 0 radical (unpaired) electrons. The second kappa shape index (κ2) is 11.3. The van der Waals surface area contributed by atoms with Gasteiger partial charge in [0.15, 0.2) is 0 Å². The molecule has 182 valence electrons. The van der Waals surface area contributed by atoms with E-state index in [4.69, 9.17) is 9.47 Å². The van der Waals surface area contributed by atoms with Gasteiger partial charge in [0.1, 0.15) is 6.61 Å². The van der Waals surface area contributed by atoms with E-state index in [1.807, 2.05) is 72.8 Å². The molecule has 4 aromatic rings. The quantitative estimate of drug-likeness (QED) is 0.362. The van der Waals surface area contributed by atoms with E-state index in [9.17, 15) is 4.79 Å². The molecule has 2 N–H and O–H groups in total. The van der Waals surface area contributed by atoms with Crippen LogP contribution in [0.4, 0.5) is 27.8 Å². The third-order valence-electron chi connectivity index (χ3n) is 5.80. The second-order valence-corrected chi connectivity index (χ2v) is 8.30. The smallest absolute Gasteiger partial charge is 0.411 e. The summed E-state index contributed by atoms with van der Waals surface area (Å²) in [7, 11) is 0. The van der Waals surface area contributed by atoms with Crippen molar-refractivity contribution in [3.63, 3.8) is 0 Å². The molecule has 0 unspecified atom stereocenters. The van der Waals surface area contributed by atoms with Gasteiger partial charge in [-0.3, -0.25) is 5.32 Å². The highest BCUT2D eigenvalue weighted by Gasteiger charge is 2.11. The van der Waals surface area contributed by atoms with Crippen molar-refractivity contribution < 1.29 is 14.3 Å². The number of carbonyl (C=O) groups excluding carboxylic acids is 1. The zero-order valence-electron chi connectivity index (χ0n) is 19.8. The Morgan fingerprint density at radius 1 is 0.889 bits per heavy atom. The number of benzene rings is 3. The SMILES string of the molecule is O=C(Nc1ccc(-c2ccnc(Nc3ccc(N4CCOCC4)cc3)n2)cc1)OCc1ccccc1. The highest BCUT2D eigenvalue weighted by Crippen LogP contribution is 2.23. The molecule has 0 spiro atoms. The third-order valence-corrected chi connectivity index (χ3v) is 5.80. The summed E-state index contributed by atoms with van der Waals surface area (Å²) >= 11 is 0. The Morgan fingerprint density at radius 3 is 2.36 bits per heavy atom. The molecule has 0 saturated carbocycles. The van der Waals surface area contributed by atoms with Gasteiger partial charge in [-0.05, 0) is 48.0 Å². The van der Waals surface area contributed by atoms with E-state index in [0.29, 0.717) is 11.6 Å². The predicted octanol–water partition coefficient (Wildman–Crippen LogP) is 5.47. The number of nitrogens with zero attached hydrogens (tertiary/aromatic N) is 3. The van der Waals surface area contributed by atoms with Crippen molar-refractivity contribution in [1.29, 1.82) is 0 Å². The number of nitrogens with one attached hydrogen (secondary N) is 2. The Bertz CT molecular complexity index is 1270. The Hall–Kier alpha value is -4.43. The summed E-state index contributed by atoms with van der Waals surface area (Å²) < 4.78 is 10.7. The van der Waals surface area contributed by atoms with Crippen LogP contribution in [0.15, 0.2) is 91.1 Å². The summed E-state index contributed by atoms with van der Waals surface area (Å²) in [5.74, 6) is 0.512. The minimum absolute atomic E-state index is 0.220. The summed E-state index contributed by atoms with van der Waals surface area (Å²) in [5, 5.41) is 6.02. The highest BCUT2D eigenvalue weighted by atomic mass is 16.5. The number of carbonyl (C=O) groups is 1. The summed E-state index contributed by atoms with van der Waals surface area (Å²) in [6, 6.07) is 27.1. The van der Waals surface area contributed by atoms with Crippen LogP contribution in [0.5, 0.6) is 0 Å². The first kappa shape index (κ1) is 23.3. The van der Waals surface area contributed by atoms with Gasteiger partial charge in [0, 0.05) is 41.9 Å². The first-order chi connectivity index (χ1) is 17.7. The largest absolute Gasteiger partial charge is 0.444 e. The number of amides is 1. The minimum Gasteiger partial charge on any atom is -0.444 e. The van der Waals surface area contributed by atoms with E-state index in [-0.39, 0.29) is 6.61 Å². The van der Waals surface area contributed by atoms with Crippen molar-refractivity contribution in [2.24, 2.45) is 0 Å². The Morgan fingerprint density at radius 2 is 1.61 bits per heavy atom. The predicted molar refractivity (Wildman–Crippen MR) is 140 cm³/mol. The van der Waals surface area contributed by atoms with Gasteiger partial charge >= 0.3 is 6.09 Å². The van der Waals surface area contributed by atoms with Gasteiger partial charge in [-0.25, -0.2) is 14.8 Å². The van der Waals surface area contributed by atoms with Crippen LogP contribution in [0.2, 0.25) is 0 Å². The number of rotatable bonds is 7. The van der Waals surface area contributed by atoms with Gasteiger partial charge in [-0.1, -0.05) is 42.5 Å². The third kappa shape index (κ3) is 6.17. The number of anilines is 4. The molecule has 1 fully saturated rings. The Balaban J connectivity index is 1.18. The molecule has 0 atom stereocenters. The van der Waals surface area contributed by atoms with Gasteiger partial charge in [0.05, 0.1) is 18.9 Å². The summed E-state index contributed by atoms with van der Waals surface area (Å²) in [6.45, 7) is 3.55. The first-order valence-electron chi connectivity index (χ1n) is 11.8. The average molecular weight is 482 g/mol. The lowest BCUT2D eigenvalue weighted by atomic mass is 10.1. The van der Waals surface area contributed by atoms with Crippen LogP contribution in [0, 0.1) is 0 Å². The fourth-order valence-corrected chi connectivity index (χ4v) is 3.89. The maximum Gasteiger partial charge on any atom is 0.411 e. The van der Waals surface area contributed by atoms with Gasteiger partial charge in [0.2, 0.25) is 5.95 Å². The number of morpholine rings is 1. The van der Waals surface area contributed by atoms with Crippen molar-refractivity contribution in [1.82, 2.24) is 9.97 Å². The lowest BCUT2D eigenvalue weighted by Crippen LogP contribution is -2.36. The van der Waals surface area contributed by atoms with Crippen LogP contribution in [0.3, 0.4) is 0 Å². The maximum absolute atomic E-state index is 12.1. The van der Waals surface area contributed by atoms with Crippen LogP contribution in [0.1, 0.15) is 5.56 Å². The van der Waals surface area contributed by atoms with Crippen molar-refractivity contribution in [3.05, 3.63) is 96.7 Å². The van der Waals surface area contributed by atoms with E-state index in [0.717, 1.165) is 48.8 Å². The monoisotopic (exact) mass is 481 g/mol. The van der Waals surface area contributed by atoms with E-state index >= 15 is 0 Å². The minimum atomic E-state index is -0.500. The van der Waals surface area contributed by atoms with Gasteiger partial charge < -0.3 is 19.7 Å². The zero-order chi connectivity index (χ0) is 24.6. The zero-order valence-corrected chi connectivity index (χ0v) is 19.8. The molecular weight excluding hydrogens is 454 g/mol. The lowest BCUT2D eigenvalue weighted by molar-refractivity contribution is 0.122. The van der Waals surface area contributed by atoms with E-state index in [2.05, 4.69) is 37.6 Å². The molecule has 2 heterocycles. The molecular formula is C28H27N5O3. The molecule has 5 rings (SSSR count). The molecule has 8 nitrogen and oxygen atoms in total. The normalized spacial score (nSPS) is 13.2. The number of hydrogen-bond donors (Lipinski definition) is 2. The molecule has 1 amide bonds. The van der Waals surface area contributed by atoms with Crippen LogP contribution in [0.25, 0.3) is 11.3 Å². The van der Waals surface area contributed by atoms with Crippen molar-refractivity contribution in [3.8, 4) is 11.3 Å². The number of aromatic nitrogens is 2. The van der Waals surface area contributed by atoms with Crippen molar-refractivity contribution >= 4 is 29.1 Å². The second-order valence-electron chi connectivity index (χ2n) is 8.30. The van der Waals surface area contributed by atoms with Crippen LogP contribution >= 0.6 is 0 Å². The maximum atomic E-state index is 12.1. The molecule has 36 heavy (non-hydrogen) atoms. The van der Waals surface area contributed by atoms with Gasteiger partial charge in [-0.2, -0.15) is 0 Å². The molecule has 3 aromatic carbocycles. The van der Waals surface area contributed by atoms with E-state index in [1.165, 1.54) is 5.69 Å². The topological polar surface area (TPSA) is 88.6 Å². The summed E-state index contributed by atoms with van der Waals surface area (Å²) in [5.41, 5.74) is 5.35. The molecule has 0 bridgehead atoms. The molecule has 1 aliphatic rings. The fraction of sp³-hybridized carbons (Fsp3) is 0.179. The van der Waals surface area contributed by atoms with Crippen LogP contribution in [-0.4, -0.2) is 42.4 Å². The van der Waals surface area contributed by atoms with Crippen molar-refractivity contribution in [2.75, 3.05) is 41.8 Å². The molecule has 1 aromatic heterocycles. The van der Waals surface area contributed by atoms with Gasteiger partial charge in [-0.15, -0.1) is 0 Å². The first-order valence-corrected chi connectivity index (χ1v) is 11.8. The van der Waals surface area contributed by atoms with Crippen molar-refractivity contribution in [2.45, 2.75) is 6.61 Å². The van der Waals surface area contributed by atoms with E-state index in [1.54, 1.807) is 6.20 Å². The molecule has 1 saturated heterocycles. The summed E-state index contributed by atoms with van der Waals surface area (Å²) in [6.07, 6.45) is 1.22. The number of hydrogen-bond acceptors (Lipinski definition) is 7. The highest BCUT2D eigenvalue weighted by molar-refractivity contribution is 5.85. The fourth-order valence-electron chi connectivity index (χ4n) is 3.89. The average Bonchev–Trinajstić information content (AvgIpc) is 2.94. The Kier molecular flexibility index (Phi) is 7.34. The standard InChI is InChI=1S/C28H27N5O3/c34-28(36-20-21-4-2-1-3-5-21)31-24-8-6-22(7-9-24)26-14-15-29-27(32-26)30-23-10-12-25(13-11-23)33-16-18-35-19-17-33/h1-15H,16-20H2,(H,31,34)(H,29,30,32). The van der Waals surface area contributed by atoms with Gasteiger partial charge in [0.25, 0.3) is 0 Å². The molecule has 1 aliphatic heterocycles. The van der Waals surface area contributed by atoms with Crippen LogP contribution in [-0.2, 0) is 16.1 Å². The molecule has 0 aliphatic carbocycles. The van der Waals surface area contributed by atoms with Crippen LogP contribution < -0.4 is 15.5 Å². The molecule has 8 heteroatoms.